The van der Waals surface area contributed by atoms with Gasteiger partial charge in [0.25, 0.3) is 0 Å². The number of hydrogen-bond donors (Lipinski definition) is 0. The summed E-state index contributed by atoms with van der Waals surface area (Å²) in [6.45, 7) is 19.7. The minimum Gasteiger partial charge on any atom is -0.365 e. The first kappa shape index (κ1) is 20.2. The highest BCUT2D eigenvalue weighted by Gasteiger charge is 2.43. The number of carbonyl (C=O) groups is 2. The van der Waals surface area contributed by atoms with Gasteiger partial charge >= 0.3 is 0 Å². The van der Waals surface area contributed by atoms with E-state index < -0.39 is 8.80 Å². The molecule has 4 rings (SSSR count). The molecule has 3 aliphatic heterocycles. The van der Waals surface area contributed by atoms with Crippen LogP contribution in [0.4, 0.5) is 0 Å². The Morgan fingerprint density at radius 3 is 1.44 bits per heavy atom. The van der Waals surface area contributed by atoms with Crippen LogP contribution >= 0.6 is 0 Å². The average Bonchev–Trinajstić information content (AvgIpc) is 3.43. The van der Waals surface area contributed by atoms with Crippen LogP contribution in [0.1, 0.15) is 41.5 Å². The topological polar surface area (TPSA) is 43.2 Å². The van der Waals surface area contributed by atoms with E-state index in [1.54, 1.807) is 0 Å². The molecule has 0 aromatic rings. The summed E-state index contributed by atoms with van der Waals surface area (Å²) >= 11 is 0. The number of carbonyl (C=O) groups excluding carboxylic acids is 2. The second-order valence-corrected chi connectivity index (χ2v) is 14.3. The zero-order valence-corrected chi connectivity index (χ0v) is 18.9. The minimum atomic E-state index is -0.454. The van der Waals surface area contributed by atoms with E-state index in [1.165, 1.54) is 6.08 Å². The lowest BCUT2D eigenvalue weighted by Gasteiger charge is -2.26. The second kappa shape index (κ2) is 7.82. The van der Waals surface area contributed by atoms with E-state index in [0.717, 1.165) is 55.9 Å². The van der Waals surface area contributed by atoms with Crippen molar-refractivity contribution >= 4 is 20.4 Å². The van der Waals surface area contributed by atoms with Crippen LogP contribution in [0, 0.1) is 0 Å². The number of allylic oxidation sites excluding steroid dienone is 1. The molecule has 3 saturated heterocycles. The van der Waals surface area contributed by atoms with Crippen molar-refractivity contribution in [3.05, 3.63) is 23.2 Å². The maximum atomic E-state index is 12.4. The summed E-state index contributed by atoms with van der Waals surface area (Å²) in [5.74, 6) is 0.0485. The number of rotatable bonds is 6. The molecule has 0 N–H and O–H groups in total. The van der Waals surface area contributed by atoms with Gasteiger partial charge in [-0.1, -0.05) is 58.2 Å². The second-order valence-electron chi connectivity index (χ2n) is 9.19. The van der Waals surface area contributed by atoms with Crippen LogP contribution < -0.4 is 0 Å². The van der Waals surface area contributed by atoms with Gasteiger partial charge in [0, 0.05) is 54.1 Å². The van der Waals surface area contributed by atoms with Crippen molar-refractivity contribution in [3.8, 4) is 0 Å². The van der Waals surface area contributed by atoms with Crippen LogP contribution in [0.25, 0.3) is 0 Å². The summed E-state index contributed by atoms with van der Waals surface area (Å²) in [4.78, 5) is 30.5. The van der Waals surface area contributed by atoms with Gasteiger partial charge < -0.3 is 14.7 Å². The van der Waals surface area contributed by atoms with Crippen molar-refractivity contribution in [1.82, 2.24) is 14.7 Å². The highest BCUT2D eigenvalue weighted by atomic mass is 28.3. The van der Waals surface area contributed by atoms with E-state index in [0.29, 0.717) is 17.1 Å². The number of nitrogens with zero attached hydrogens (tertiary/aromatic N) is 3. The molecular weight excluding hydrogens is 354 g/mol. The SMILES string of the molecule is CC(C)[SiH](C(C)C)C(C)C.O=C1C=C(N2CC2)C(=O)C(N2CC2)=C1N1CC1. The first-order valence-electron chi connectivity index (χ1n) is 10.5. The first-order valence-corrected chi connectivity index (χ1v) is 12.5. The Bertz CT molecular complexity index is 650. The minimum absolute atomic E-state index is 0.00546. The van der Waals surface area contributed by atoms with Crippen LogP contribution in [0.5, 0.6) is 0 Å². The fourth-order valence-electron chi connectivity index (χ4n) is 4.59. The zero-order valence-electron chi connectivity index (χ0n) is 17.8. The van der Waals surface area contributed by atoms with Gasteiger partial charge in [-0.05, 0) is 0 Å². The molecule has 0 aromatic heterocycles. The van der Waals surface area contributed by atoms with Gasteiger partial charge in [0.1, 0.15) is 11.4 Å². The Morgan fingerprint density at radius 2 is 1.11 bits per heavy atom. The third-order valence-corrected chi connectivity index (χ3v) is 10.4. The molecular formula is C21H35N3O2Si. The van der Waals surface area contributed by atoms with Crippen LogP contribution in [0.2, 0.25) is 16.6 Å². The van der Waals surface area contributed by atoms with Gasteiger partial charge in [0.2, 0.25) is 11.6 Å². The van der Waals surface area contributed by atoms with E-state index in [1.807, 2.05) is 14.7 Å². The molecule has 0 amide bonds. The lowest BCUT2D eigenvalue weighted by Crippen LogP contribution is -2.29. The van der Waals surface area contributed by atoms with Gasteiger partial charge in [0.15, 0.2) is 0 Å². The van der Waals surface area contributed by atoms with Crippen molar-refractivity contribution < 1.29 is 9.59 Å². The molecule has 0 bridgehead atoms. The van der Waals surface area contributed by atoms with Gasteiger partial charge in [0.05, 0.1) is 5.70 Å². The third-order valence-electron chi connectivity index (χ3n) is 5.80. The molecule has 0 unspecified atom stereocenters. The molecule has 0 spiro atoms. The van der Waals surface area contributed by atoms with Crippen molar-refractivity contribution in [2.45, 2.75) is 58.2 Å². The molecule has 0 saturated carbocycles. The van der Waals surface area contributed by atoms with E-state index in [2.05, 4.69) is 41.5 Å². The quantitative estimate of drug-likeness (QED) is 0.397. The van der Waals surface area contributed by atoms with E-state index in [-0.39, 0.29) is 11.6 Å². The van der Waals surface area contributed by atoms with Gasteiger partial charge in [-0.15, -0.1) is 0 Å². The first-order chi connectivity index (χ1) is 12.7. The Balaban J connectivity index is 0.000000183. The van der Waals surface area contributed by atoms with E-state index in [9.17, 15) is 9.59 Å². The third kappa shape index (κ3) is 4.65. The number of ketones is 2. The van der Waals surface area contributed by atoms with Crippen LogP contribution in [0.3, 0.4) is 0 Å². The molecule has 0 radical (unpaired) electrons. The summed E-state index contributed by atoms with van der Waals surface area (Å²) < 4.78 is 0. The molecule has 150 valence electrons. The van der Waals surface area contributed by atoms with Crippen LogP contribution in [-0.2, 0) is 9.59 Å². The Kier molecular flexibility index (Phi) is 5.84. The molecule has 0 aromatic carbocycles. The summed E-state index contributed by atoms with van der Waals surface area (Å²) in [7, 11) is -0.454. The number of hydrogen-bond acceptors (Lipinski definition) is 5. The Morgan fingerprint density at radius 1 is 0.704 bits per heavy atom. The highest BCUT2D eigenvalue weighted by Crippen LogP contribution is 2.34. The van der Waals surface area contributed by atoms with Crippen LogP contribution in [-0.4, -0.2) is 74.3 Å². The summed E-state index contributed by atoms with van der Waals surface area (Å²) in [6, 6.07) is 0. The summed E-state index contributed by atoms with van der Waals surface area (Å²) in [5.41, 5.74) is 4.80. The normalized spacial score (nSPS) is 21.4. The number of Topliss-reactive ketones (excluding diaryl/α,β-unsaturated/α-hetero) is 1. The lowest BCUT2D eigenvalue weighted by atomic mass is 10.0. The lowest BCUT2D eigenvalue weighted by molar-refractivity contribution is -0.117. The van der Waals surface area contributed by atoms with Crippen LogP contribution in [0.15, 0.2) is 23.2 Å². The average molecular weight is 390 g/mol. The van der Waals surface area contributed by atoms with Gasteiger partial charge in [-0.3, -0.25) is 9.59 Å². The molecule has 4 aliphatic rings. The molecule has 6 heteroatoms. The van der Waals surface area contributed by atoms with Crippen molar-refractivity contribution in [3.63, 3.8) is 0 Å². The maximum Gasteiger partial charge on any atom is 0.227 e. The smallest absolute Gasteiger partial charge is 0.227 e. The fraction of sp³-hybridized carbons (Fsp3) is 0.714. The Hall–Kier alpha value is -1.56. The summed E-state index contributed by atoms with van der Waals surface area (Å²) in [5, 5.41) is 0. The predicted octanol–water partition coefficient (Wildman–Crippen LogP) is 2.62. The Labute approximate surface area is 165 Å². The van der Waals surface area contributed by atoms with Crippen molar-refractivity contribution in [1.29, 1.82) is 0 Å². The van der Waals surface area contributed by atoms with Crippen molar-refractivity contribution in [2.24, 2.45) is 0 Å². The largest absolute Gasteiger partial charge is 0.365 e. The summed E-state index contributed by atoms with van der Waals surface area (Å²) in [6.07, 6.45) is 1.52. The van der Waals surface area contributed by atoms with Crippen molar-refractivity contribution in [2.75, 3.05) is 39.3 Å². The zero-order chi connectivity index (χ0) is 19.9. The van der Waals surface area contributed by atoms with E-state index >= 15 is 0 Å². The monoisotopic (exact) mass is 389 g/mol. The standard InChI is InChI=1S/C12H13N3O2.C9H22Si/c16-9-7-8(13-1-2-13)12(17)11(15-5-6-15)10(9)14-3-4-14;1-7(2)10(8(3)4)9(5)6/h7H,1-6H2;7-10H,1-6H3. The molecule has 27 heavy (non-hydrogen) atoms. The molecule has 1 aliphatic carbocycles. The fourth-order valence-corrected chi connectivity index (χ4v) is 9.20. The van der Waals surface area contributed by atoms with Gasteiger partial charge in [-0.25, -0.2) is 0 Å². The molecule has 3 fully saturated rings. The molecule has 3 heterocycles. The predicted molar refractivity (Wildman–Crippen MR) is 112 cm³/mol. The maximum absolute atomic E-state index is 12.4. The van der Waals surface area contributed by atoms with Gasteiger partial charge in [-0.2, -0.15) is 0 Å². The van der Waals surface area contributed by atoms with E-state index in [4.69, 9.17) is 0 Å². The highest BCUT2D eigenvalue weighted by molar-refractivity contribution is 6.63. The molecule has 5 nitrogen and oxygen atoms in total. The molecule has 0 atom stereocenters.